The Labute approximate surface area is 521 Å². The summed E-state index contributed by atoms with van der Waals surface area (Å²) in [5.74, 6) is -2.68. The number of aliphatic carboxylic acids is 1. The Balaban J connectivity index is 0.00000748. The van der Waals surface area contributed by atoms with E-state index in [2.05, 4.69) is 5.32 Å². The van der Waals surface area contributed by atoms with Crippen molar-refractivity contribution in [2.45, 2.75) is 105 Å². The first-order valence-corrected chi connectivity index (χ1v) is 26.3. The Kier molecular flexibility index (Phi) is 27.2. The van der Waals surface area contributed by atoms with E-state index in [0.717, 1.165) is 12.1 Å². The van der Waals surface area contributed by atoms with Crippen LogP contribution in [0.3, 0.4) is 0 Å². The predicted octanol–water partition coefficient (Wildman–Crippen LogP) is -6.21. The predicted molar refractivity (Wildman–Crippen MR) is 232 cm³/mol. The molecule has 2 heterocycles. The third kappa shape index (κ3) is 19.1. The number of amides is 1. The molecule has 26 heteroatoms. The van der Waals surface area contributed by atoms with Gasteiger partial charge in [-0.25, -0.2) is 33.7 Å². The van der Waals surface area contributed by atoms with E-state index in [9.17, 15) is 61.5 Å². The molecule has 0 saturated heterocycles. The Morgan fingerprint density at radius 1 is 0.776 bits per heavy atom. The molecule has 2 aliphatic heterocycles. The number of rotatable bonds is 24. The second kappa shape index (κ2) is 27.7. The van der Waals surface area contributed by atoms with Crippen molar-refractivity contribution in [3.63, 3.8) is 0 Å². The van der Waals surface area contributed by atoms with Crippen molar-refractivity contribution in [3.8, 4) is 0 Å². The second-order valence-corrected chi connectivity index (χ2v) is 22.2. The van der Waals surface area contributed by atoms with Gasteiger partial charge in [0.2, 0.25) is 11.6 Å². The Hall–Kier alpha value is 0.579. The van der Waals surface area contributed by atoms with Crippen molar-refractivity contribution in [2.24, 2.45) is 5.73 Å². The van der Waals surface area contributed by atoms with Crippen molar-refractivity contribution in [1.82, 2.24) is 5.32 Å². The quantitative estimate of drug-likeness (QED) is 0.0290. The molecule has 2 aromatic rings. The fraction of sp³-hybridized carbons (Fsp3) is 0.488. The van der Waals surface area contributed by atoms with Gasteiger partial charge in [0.25, 0.3) is 0 Å². The van der Waals surface area contributed by atoms with Crippen LogP contribution in [0.5, 0.6) is 0 Å². The molecule has 0 fully saturated rings. The van der Waals surface area contributed by atoms with Gasteiger partial charge < -0.3 is 39.3 Å². The average Bonchev–Trinajstić information content (AvgIpc) is 3.53. The van der Waals surface area contributed by atoms with Gasteiger partial charge in [-0.3, -0.25) is 9.59 Å². The number of carbonyl (C=O) groups is 2. The topological polar surface area (TPSA) is 327 Å². The number of nitrogens with zero attached hydrogens (tertiary/aromatic N) is 2. The number of fused-ring (bicyclic) bond motifs is 2. The molecular formula is C41H53K3N4O15S4. The number of anilines is 1. The summed E-state index contributed by atoms with van der Waals surface area (Å²) in [5.41, 5.74) is 6.66. The second-order valence-electron chi connectivity index (χ2n) is 16.4. The Bertz CT molecular complexity index is 2690. The van der Waals surface area contributed by atoms with Crippen molar-refractivity contribution in [2.75, 3.05) is 36.0 Å². The standard InChI is InChI=1S/C41H56N4O15S4.3K/c1-40(2)31-27-29(63(55,56)57)17-19-34(31)44(23-11-25-61(49,50)51)36(40)14-5-4-6-15-37-41(3,21-9-7-16-38(46)43-22-10-8-13-33(42)39(47)48)32-28-30(64(58,59)60)18-20-35(32)45(37)24-12-26-62(52,53)54;;;/h4-6,14-15,17-20,27-28,33H,7-13,16,21-26,42H2,1-3H3,(H5-,43,46,47,48,49,50,51,52,53,54,55,56,57,58,59,60);;;/q;3*+1/p-3/t33-,41?;;;/m1.../s1. The van der Waals surface area contributed by atoms with Crippen LogP contribution in [0, 0.1) is 0 Å². The zero-order chi connectivity index (χ0) is 47.9. The van der Waals surface area contributed by atoms with Crippen LogP contribution in [0.25, 0.3) is 0 Å². The zero-order valence-electron chi connectivity index (χ0n) is 38.6. The molecule has 0 aliphatic carbocycles. The van der Waals surface area contributed by atoms with E-state index < -0.39 is 84.6 Å². The Morgan fingerprint density at radius 2 is 1.36 bits per heavy atom. The molecule has 1 amide bonds. The first-order valence-electron chi connectivity index (χ1n) is 20.4. The van der Waals surface area contributed by atoms with E-state index in [4.69, 9.17) is 10.8 Å². The van der Waals surface area contributed by atoms with E-state index in [-0.39, 0.29) is 199 Å². The fourth-order valence-corrected chi connectivity index (χ4v) is 10.1. The molecule has 2 atom stereocenters. The first-order chi connectivity index (χ1) is 29.6. The number of hydrogen-bond donors (Lipinski definition) is 3. The van der Waals surface area contributed by atoms with E-state index in [1.165, 1.54) is 24.3 Å². The number of benzene rings is 2. The van der Waals surface area contributed by atoms with Crippen LogP contribution < -0.4 is 170 Å². The summed E-state index contributed by atoms with van der Waals surface area (Å²) in [6, 6.07) is 6.74. The maximum atomic E-state index is 12.6. The van der Waals surface area contributed by atoms with Crippen LogP contribution in [0.1, 0.15) is 89.7 Å². The number of hydrogen-bond acceptors (Lipinski definition) is 16. The molecule has 1 unspecified atom stereocenters. The monoisotopic (exact) mass is 1090 g/mol. The van der Waals surface area contributed by atoms with Gasteiger partial charge in [0.05, 0.1) is 35.4 Å². The molecule has 67 heavy (non-hydrogen) atoms. The first kappa shape index (κ1) is 65.6. The van der Waals surface area contributed by atoms with E-state index >= 15 is 0 Å². The van der Waals surface area contributed by atoms with E-state index in [1.54, 1.807) is 53.7 Å². The smallest absolute Gasteiger partial charge is 0.748 e. The van der Waals surface area contributed by atoms with Gasteiger partial charge in [0, 0.05) is 71.9 Å². The van der Waals surface area contributed by atoms with Gasteiger partial charge in [-0.1, -0.05) is 24.6 Å². The molecule has 0 bridgehead atoms. The summed E-state index contributed by atoms with van der Waals surface area (Å²) in [6.45, 7) is 5.79. The van der Waals surface area contributed by atoms with Crippen LogP contribution in [-0.2, 0) is 60.9 Å². The maximum Gasteiger partial charge on any atom is 1.00 e. The van der Waals surface area contributed by atoms with Crippen LogP contribution in [-0.4, -0.2) is 116 Å². The summed E-state index contributed by atoms with van der Waals surface area (Å²) in [5, 5.41) is 11.7. The molecule has 19 nitrogen and oxygen atoms in total. The minimum absolute atomic E-state index is 0. The largest absolute Gasteiger partial charge is 1.00 e. The summed E-state index contributed by atoms with van der Waals surface area (Å²) in [6.07, 6.45) is 10.8. The van der Waals surface area contributed by atoms with Crippen LogP contribution in [0.2, 0.25) is 0 Å². The third-order valence-electron chi connectivity index (χ3n) is 11.3. The molecule has 0 saturated carbocycles. The number of nitrogens with two attached hydrogens (primary N) is 1. The van der Waals surface area contributed by atoms with Gasteiger partial charge in [-0.15, -0.1) is 0 Å². The van der Waals surface area contributed by atoms with Crippen molar-refractivity contribution in [1.29, 1.82) is 0 Å². The van der Waals surface area contributed by atoms with Crippen LogP contribution >= 0.6 is 0 Å². The summed E-state index contributed by atoms with van der Waals surface area (Å²) >= 11 is 0. The van der Waals surface area contributed by atoms with Gasteiger partial charge in [0.1, 0.15) is 32.8 Å². The van der Waals surface area contributed by atoms with Crippen molar-refractivity contribution < 1.29 is 225 Å². The number of unbranched alkanes of at least 4 members (excludes halogenated alkanes) is 2. The van der Waals surface area contributed by atoms with Gasteiger partial charge in [-0.2, -0.15) is 4.58 Å². The van der Waals surface area contributed by atoms with Gasteiger partial charge >= 0.3 is 160 Å². The van der Waals surface area contributed by atoms with Crippen LogP contribution in [0.4, 0.5) is 11.4 Å². The van der Waals surface area contributed by atoms with E-state index in [1.807, 2.05) is 6.92 Å². The average molecular weight is 1090 g/mol. The third-order valence-corrected chi connectivity index (χ3v) is 14.6. The van der Waals surface area contributed by atoms with E-state index in [0.29, 0.717) is 72.6 Å². The minimum Gasteiger partial charge on any atom is -0.748 e. The summed E-state index contributed by atoms with van der Waals surface area (Å²) in [7, 11) is -18.9. The molecule has 0 radical (unpaired) electrons. The SMILES string of the molecule is CC1(C)C(/C=C/C=C/C=C2/N(CCCS(=O)(=O)[O-])c3ccc(S(=O)(=O)[O-])cc3C2(C)CCCCC(=O)NCCCC[C@@H](N)C(=O)O)=[N+](CCCS(=O)(=O)[O-])c2ccc(S(=O)(=O)[O-])cc21.[K+].[K+].[K+]. The molecule has 0 aromatic heterocycles. The molecule has 0 spiro atoms. The molecule has 2 aliphatic rings. The Morgan fingerprint density at radius 3 is 1.94 bits per heavy atom. The number of allylic oxidation sites excluding steroid dienone is 6. The number of nitrogens with one attached hydrogen (secondary N) is 1. The molecule has 4 rings (SSSR count). The summed E-state index contributed by atoms with van der Waals surface area (Å²) in [4.78, 5) is 24.4. The number of carboxylic acid groups (broad SMARTS) is 1. The van der Waals surface area contributed by atoms with Crippen LogP contribution in [0.15, 0.2) is 82.3 Å². The molecule has 4 N–H and O–H groups in total. The van der Waals surface area contributed by atoms with Crippen molar-refractivity contribution >= 4 is 69.4 Å². The molecule has 2 aromatic carbocycles. The molecule has 354 valence electrons. The fourth-order valence-electron chi connectivity index (χ4n) is 8.09. The number of carboxylic acids is 1. The minimum atomic E-state index is -4.91. The van der Waals surface area contributed by atoms with Gasteiger partial charge in [-0.05, 0) is 101 Å². The zero-order valence-corrected chi connectivity index (χ0v) is 51.2. The summed E-state index contributed by atoms with van der Waals surface area (Å²) < 4.78 is 143. The molecular weight excluding hydrogens is 1030 g/mol. The number of carbonyl (C=O) groups excluding carboxylic acids is 1. The normalized spacial score (nSPS) is 18.0. The van der Waals surface area contributed by atoms with Crippen molar-refractivity contribution in [3.05, 3.63) is 83.6 Å². The maximum absolute atomic E-state index is 12.6. The van der Waals surface area contributed by atoms with Gasteiger partial charge in [0.15, 0.2) is 5.71 Å².